The normalized spacial score (nSPS) is 27.7. The molecule has 0 bridgehead atoms. The second-order valence-corrected chi connectivity index (χ2v) is 5.59. The van der Waals surface area contributed by atoms with Gasteiger partial charge >= 0.3 is 0 Å². The van der Waals surface area contributed by atoms with Crippen molar-refractivity contribution in [2.24, 2.45) is 17.3 Å². The SMILES string of the molecule is CC(C)C(C)(CNC1CC1)C1CC1. The van der Waals surface area contributed by atoms with Gasteiger partial charge in [0, 0.05) is 12.6 Å². The molecule has 0 aromatic heterocycles. The fraction of sp³-hybridized carbons (Fsp3) is 1.00. The predicted molar refractivity (Wildman–Crippen MR) is 56.7 cm³/mol. The summed E-state index contributed by atoms with van der Waals surface area (Å²) in [6.45, 7) is 8.49. The molecule has 2 saturated carbocycles. The van der Waals surface area contributed by atoms with Crippen LogP contribution in [0.25, 0.3) is 0 Å². The quantitative estimate of drug-likeness (QED) is 0.687. The first kappa shape index (κ1) is 9.51. The number of hydrogen-bond donors (Lipinski definition) is 1. The molecule has 0 saturated heterocycles. The molecule has 1 N–H and O–H groups in total. The average molecular weight is 181 g/mol. The van der Waals surface area contributed by atoms with E-state index >= 15 is 0 Å². The van der Waals surface area contributed by atoms with Crippen molar-refractivity contribution in [3.63, 3.8) is 0 Å². The van der Waals surface area contributed by atoms with Crippen molar-refractivity contribution in [3.8, 4) is 0 Å². The lowest BCUT2D eigenvalue weighted by Crippen LogP contribution is -2.38. The first-order valence-corrected chi connectivity index (χ1v) is 5.86. The lowest BCUT2D eigenvalue weighted by atomic mass is 9.74. The highest BCUT2D eigenvalue weighted by Crippen LogP contribution is 2.49. The Bertz CT molecular complexity index is 176. The summed E-state index contributed by atoms with van der Waals surface area (Å²) in [6.07, 6.45) is 5.78. The van der Waals surface area contributed by atoms with E-state index in [1.807, 2.05) is 0 Å². The smallest absolute Gasteiger partial charge is 0.00684 e. The molecule has 1 unspecified atom stereocenters. The number of hydrogen-bond acceptors (Lipinski definition) is 1. The first-order valence-electron chi connectivity index (χ1n) is 5.86. The standard InChI is InChI=1S/C12H23N/c1-9(2)12(3,10-4-5-10)8-13-11-6-7-11/h9-11,13H,4-8H2,1-3H3. The molecule has 0 spiro atoms. The van der Waals surface area contributed by atoms with Gasteiger partial charge in [-0.15, -0.1) is 0 Å². The predicted octanol–water partition coefficient (Wildman–Crippen LogP) is 2.81. The molecular formula is C12H23N. The van der Waals surface area contributed by atoms with Crippen LogP contribution in [-0.4, -0.2) is 12.6 Å². The van der Waals surface area contributed by atoms with E-state index in [2.05, 4.69) is 26.1 Å². The second-order valence-electron chi connectivity index (χ2n) is 5.59. The minimum Gasteiger partial charge on any atom is -0.313 e. The van der Waals surface area contributed by atoms with Gasteiger partial charge in [-0.25, -0.2) is 0 Å². The van der Waals surface area contributed by atoms with Crippen LogP contribution in [0.1, 0.15) is 46.5 Å². The molecule has 1 atom stereocenters. The van der Waals surface area contributed by atoms with Crippen LogP contribution < -0.4 is 5.32 Å². The highest BCUT2D eigenvalue weighted by Gasteiger charge is 2.43. The van der Waals surface area contributed by atoms with Crippen LogP contribution in [0.4, 0.5) is 0 Å². The van der Waals surface area contributed by atoms with Gasteiger partial charge in [-0.05, 0) is 42.9 Å². The van der Waals surface area contributed by atoms with Crippen LogP contribution in [0.5, 0.6) is 0 Å². The van der Waals surface area contributed by atoms with Crippen LogP contribution in [0.15, 0.2) is 0 Å². The topological polar surface area (TPSA) is 12.0 Å². The van der Waals surface area contributed by atoms with E-state index in [9.17, 15) is 0 Å². The summed E-state index contributed by atoms with van der Waals surface area (Å²) in [7, 11) is 0. The summed E-state index contributed by atoms with van der Waals surface area (Å²) in [5.41, 5.74) is 0.572. The molecule has 0 heterocycles. The van der Waals surface area contributed by atoms with Crippen LogP contribution in [0, 0.1) is 17.3 Å². The van der Waals surface area contributed by atoms with Gasteiger partial charge < -0.3 is 5.32 Å². The zero-order chi connectivity index (χ0) is 9.47. The Balaban J connectivity index is 1.86. The summed E-state index contributed by atoms with van der Waals surface area (Å²) in [5.74, 6) is 1.84. The zero-order valence-electron chi connectivity index (χ0n) is 9.27. The van der Waals surface area contributed by atoms with E-state index in [1.165, 1.54) is 32.2 Å². The van der Waals surface area contributed by atoms with Crippen molar-refractivity contribution in [1.82, 2.24) is 5.32 Å². The van der Waals surface area contributed by atoms with Gasteiger partial charge in [0.1, 0.15) is 0 Å². The van der Waals surface area contributed by atoms with E-state index in [-0.39, 0.29) is 0 Å². The van der Waals surface area contributed by atoms with E-state index in [0.29, 0.717) is 5.41 Å². The largest absolute Gasteiger partial charge is 0.313 e. The molecule has 2 fully saturated rings. The van der Waals surface area contributed by atoms with E-state index in [0.717, 1.165) is 17.9 Å². The van der Waals surface area contributed by atoms with Crippen LogP contribution >= 0.6 is 0 Å². The Morgan fingerprint density at radius 1 is 1.23 bits per heavy atom. The molecule has 2 rings (SSSR count). The second kappa shape index (κ2) is 3.27. The van der Waals surface area contributed by atoms with Crippen LogP contribution in [0.3, 0.4) is 0 Å². The Morgan fingerprint density at radius 2 is 1.85 bits per heavy atom. The summed E-state index contributed by atoms with van der Waals surface area (Å²) in [4.78, 5) is 0. The third-order valence-electron chi connectivity index (χ3n) is 4.18. The van der Waals surface area contributed by atoms with Crippen LogP contribution in [-0.2, 0) is 0 Å². The third kappa shape index (κ3) is 2.07. The minimum absolute atomic E-state index is 0.572. The Labute approximate surface area is 82.3 Å². The highest BCUT2D eigenvalue weighted by atomic mass is 15.0. The lowest BCUT2D eigenvalue weighted by Gasteiger charge is -2.34. The summed E-state index contributed by atoms with van der Waals surface area (Å²) < 4.78 is 0. The highest BCUT2D eigenvalue weighted by molar-refractivity contribution is 4.96. The van der Waals surface area contributed by atoms with Gasteiger partial charge in [0.05, 0.1) is 0 Å². The lowest BCUT2D eigenvalue weighted by molar-refractivity contribution is 0.171. The molecule has 0 amide bonds. The van der Waals surface area contributed by atoms with Crippen molar-refractivity contribution in [2.45, 2.75) is 52.5 Å². The fourth-order valence-corrected chi connectivity index (χ4v) is 2.21. The van der Waals surface area contributed by atoms with Gasteiger partial charge in [0.2, 0.25) is 0 Å². The minimum atomic E-state index is 0.572. The first-order chi connectivity index (χ1) is 6.13. The Hall–Kier alpha value is -0.0400. The maximum Gasteiger partial charge on any atom is 0.00684 e. The molecule has 0 aromatic carbocycles. The molecule has 76 valence electrons. The zero-order valence-corrected chi connectivity index (χ0v) is 9.27. The van der Waals surface area contributed by atoms with Gasteiger partial charge in [0.25, 0.3) is 0 Å². The van der Waals surface area contributed by atoms with E-state index in [1.54, 1.807) is 0 Å². The van der Waals surface area contributed by atoms with Crippen molar-refractivity contribution in [2.75, 3.05) is 6.54 Å². The molecule has 1 heteroatoms. The van der Waals surface area contributed by atoms with Crippen molar-refractivity contribution >= 4 is 0 Å². The number of nitrogens with one attached hydrogen (secondary N) is 1. The van der Waals surface area contributed by atoms with Gasteiger partial charge in [0.15, 0.2) is 0 Å². The van der Waals surface area contributed by atoms with Gasteiger partial charge in [-0.1, -0.05) is 20.8 Å². The molecule has 1 nitrogen and oxygen atoms in total. The van der Waals surface area contributed by atoms with Crippen molar-refractivity contribution < 1.29 is 0 Å². The third-order valence-corrected chi connectivity index (χ3v) is 4.18. The summed E-state index contributed by atoms with van der Waals surface area (Å²) in [5, 5.41) is 3.70. The molecule has 0 aromatic rings. The fourth-order valence-electron chi connectivity index (χ4n) is 2.21. The van der Waals surface area contributed by atoms with Gasteiger partial charge in [-0.2, -0.15) is 0 Å². The molecule has 2 aliphatic rings. The summed E-state index contributed by atoms with van der Waals surface area (Å²) in [6, 6.07) is 0.872. The Kier molecular flexibility index (Phi) is 2.39. The average Bonchev–Trinajstić information content (AvgIpc) is 2.89. The molecule has 0 radical (unpaired) electrons. The molecule has 2 aliphatic carbocycles. The molecular weight excluding hydrogens is 158 g/mol. The number of rotatable bonds is 5. The van der Waals surface area contributed by atoms with Gasteiger partial charge in [-0.3, -0.25) is 0 Å². The van der Waals surface area contributed by atoms with Crippen LogP contribution in [0.2, 0.25) is 0 Å². The maximum absolute atomic E-state index is 3.70. The maximum atomic E-state index is 3.70. The van der Waals surface area contributed by atoms with Crippen molar-refractivity contribution in [3.05, 3.63) is 0 Å². The van der Waals surface area contributed by atoms with E-state index in [4.69, 9.17) is 0 Å². The molecule has 0 aliphatic heterocycles. The van der Waals surface area contributed by atoms with Crippen molar-refractivity contribution in [1.29, 1.82) is 0 Å². The Morgan fingerprint density at radius 3 is 2.23 bits per heavy atom. The van der Waals surface area contributed by atoms with E-state index < -0.39 is 0 Å². The molecule has 13 heavy (non-hydrogen) atoms. The monoisotopic (exact) mass is 181 g/mol. The summed E-state index contributed by atoms with van der Waals surface area (Å²) >= 11 is 0.